The van der Waals surface area contributed by atoms with Crippen LogP contribution in [0.25, 0.3) is 5.69 Å². The highest BCUT2D eigenvalue weighted by molar-refractivity contribution is 5.40. The summed E-state index contributed by atoms with van der Waals surface area (Å²) in [5.74, 6) is 0.505. The molecule has 0 atom stereocenters. The molecule has 2 rings (SSSR count). The molecule has 0 unspecified atom stereocenters. The first-order chi connectivity index (χ1) is 6.25. The Morgan fingerprint density at radius 2 is 2.23 bits per heavy atom. The van der Waals surface area contributed by atoms with E-state index in [1.165, 1.54) is 0 Å². The molecule has 66 valence electrons. The number of anilines is 1. The van der Waals surface area contributed by atoms with Crippen LogP contribution < -0.4 is 5.73 Å². The lowest BCUT2D eigenvalue weighted by Gasteiger charge is -2.00. The molecule has 0 aliphatic rings. The third-order valence-corrected chi connectivity index (χ3v) is 1.75. The maximum atomic E-state index is 5.55. The molecule has 2 N–H and O–H groups in total. The van der Waals surface area contributed by atoms with Crippen molar-refractivity contribution in [3.8, 4) is 5.69 Å². The van der Waals surface area contributed by atoms with Gasteiger partial charge in [0.05, 0.1) is 11.4 Å². The first kappa shape index (κ1) is 7.79. The van der Waals surface area contributed by atoms with Crippen molar-refractivity contribution in [1.29, 1.82) is 0 Å². The lowest BCUT2D eigenvalue weighted by atomic mass is 10.4. The molecule has 2 heterocycles. The van der Waals surface area contributed by atoms with Gasteiger partial charge in [0, 0.05) is 18.5 Å². The van der Waals surface area contributed by atoms with Crippen LogP contribution in [0.1, 0.15) is 5.69 Å². The standard InChI is InChI=1S/C9H10N4/c1-7-3-5-13(12-7)8-2-4-11-9(10)6-8/h2-6H,1H3,(H2,10,11). The van der Waals surface area contributed by atoms with Gasteiger partial charge < -0.3 is 5.73 Å². The Hall–Kier alpha value is -1.84. The number of nitrogens with zero attached hydrogens (tertiary/aromatic N) is 3. The number of nitrogen functional groups attached to an aromatic ring is 1. The number of aromatic nitrogens is 3. The van der Waals surface area contributed by atoms with Crippen molar-refractivity contribution in [2.45, 2.75) is 6.92 Å². The van der Waals surface area contributed by atoms with E-state index >= 15 is 0 Å². The minimum atomic E-state index is 0.505. The van der Waals surface area contributed by atoms with Gasteiger partial charge in [0.25, 0.3) is 0 Å². The Kier molecular flexibility index (Phi) is 1.73. The van der Waals surface area contributed by atoms with Gasteiger partial charge in [0.2, 0.25) is 0 Å². The Bertz CT molecular complexity index is 419. The Morgan fingerprint density at radius 3 is 2.85 bits per heavy atom. The van der Waals surface area contributed by atoms with E-state index in [1.54, 1.807) is 16.9 Å². The summed E-state index contributed by atoms with van der Waals surface area (Å²) in [5.41, 5.74) is 7.46. The van der Waals surface area contributed by atoms with E-state index < -0.39 is 0 Å². The first-order valence-electron chi connectivity index (χ1n) is 4.00. The number of hydrogen-bond acceptors (Lipinski definition) is 3. The average molecular weight is 174 g/mol. The van der Waals surface area contributed by atoms with Crippen LogP contribution in [0, 0.1) is 6.92 Å². The smallest absolute Gasteiger partial charge is 0.125 e. The monoisotopic (exact) mass is 174 g/mol. The molecule has 0 fully saturated rings. The first-order valence-corrected chi connectivity index (χ1v) is 4.00. The fourth-order valence-corrected chi connectivity index (χ4v) is 1.14. The summed E-state index contributed by atoms with van der Waals surface area (Å²) in [6, 6.07) is 5.59. The van der Waals surface area contributed by atoms with Gasteiger partial charge in [-0.2, -0.15) is 5.10 Å². The number of rotatable bonds is 1. The summed E-state index contributed by atoms with van der Waals surface area (Å²) in [5, 5.41) is 4.26. The van der Waals surface area contributed by atoms with Crippen LogP contribution >= 0.6 is 0 Å². The summed E-state index contributed by atoms with van der Waals surface area (Å²) in [4.78, 5) is 3.91. The topological polar surface area (TPSA) is 56.7 Å². The SMILES string of the molecule is Cc1ccn(-c2ccnc(N)c2)n1. The predicted molar refractivity (Wildman–Crippen MR) is 50.5 cm³/mol. The molecule has 2 aromatic heterocycles. The van der Waals surface area contributed by atoms with Crippen molar-refractivity contribution >= 4 is 5.82 Å². The van der Waals surface area contributed by atoms with Gasteiger partial charge in [-0.25, -0.2) is 9.67 Å². The minimum absolute atomic E-state index is 0.505. The van der Waals surface area contributed by atoms with Crippen LogP contribution in [0.15, 0.2) is 30.6 Å². The lowest BCUT2D eigenvalue weighted by Crippen LogP contribution is -1.97. The molecule has 0 aliphatic heterocycles. The molecule has 2 aromatic rings. The van der Waals surface area contributed by atoms with Crippen molar-refractivity contribution in [3.05, 3.63) is 36.3 Å². The van der Waals surface area contributed by atoms with Crippen LogP contribution in [-0.4, -0.2) is 14.8 Å². The molecule has 4 nitrogen and oxygen atoms in total. The second kappa shape index (κ2) is 2.90. The normalized spacial score (nSPS) is 10.2. The van der Waals surface area contributed by atoms with Crippen molar-refractivity contribution in [2.75, 3.05) is 5.73 Å². The second-order valence-electron chi connectivity index (χ2n) is 2.84. The van der Waals surface area contributed by atoms with Gasteiger partial charge >= 0.3 is 0 Å². The van der Waals surface area contributed by atoms with E-state index in [4.69, 9.17) is 5.73 Å². The third kappa shape index (κ3) is 1.51. The summed E-state index contributed by atoms with van der Waals surface area (Å²) in [6.45, 7) is 1.95. The zero-order valence-corrected chi connectivity index (χ0v) is 7.31. The molecule has 0 saturated heterocycles. The zero-order valence-electron chi connectivity index (χ0n) is 7.31. The van der Waals surface area contributed by atoms with E-state index in [0.29, 0.717) is 5.82 Å². The van der Waals surface area contributed by atoms with Crippen LogP contribution in [0.4, 0.5) is 5.82 Å². The Morgan fingerprint density at radius 1 is 1.38 bits per heavy atom. The van der Waals surface area contributed by atoms with Gasteiger partial charge in [-0.15, -0.1) is 0 Å². The summed E-state index contributed by atoms with van der Waals surface area (Å²) >= 11 is 0. The highest BCUT2D eigenvalue weighted by Gasteiger charge is 1.97. The van der Waals surface area contributed by atoms with Crippen LogP contribution in [0.3, 0.4) is 0 Å². The molecule has 4 heteroatoms. The van der Waals surface area contributed by atoms with Gasteiger partial charge in [0.1, 0.15) is 5.82 Å². The van der Waals surface area contributed by atoms with Crippen molar-refractivity contribution in [3.63, 3.8) is 0 Å². The Labute approximate surface area is 76.0 Å². The van der Waals surface area contributed by atoms with Gasteiger partial charge in [0.15, 0.2) is 0 Å². The molecule has 0 spiro atoms. The minimum Gasteiger partial charge on any atom is -0.384 e. The fraction of sp³-hybridized carbons (Fsp3) is 0.111. The average Bonchev–Trinajstić information content (AvgIpc) is 2.52. The van der Waals surface area contributed by atoms with Crippen molar-refractivity contribution in [1.82, 2.24) is 14.8 Å². The van der Waals surface area contributed by atoms with E-state index in [0.717, 1.165) is 11.4 Å². The lowest BCUT2D eigenvalue weighted by molar-refractivity contribution is 0.861. The number of nitrogens with two attached hydrogens (primary N) is 1. The molecule has 0 radical (unpaired) electrons. The summed E-state index contributed by atoms with van der Waals surface area (Å²) < 4.78 is 1.77. The van der Waals surface area contributed by atoms with Crippen LogP contribution in [0.2, 0.25) is 0 Å². The maximum absolute atomic E-state index is 5.55. The molecular formula is C9H10N4. The van der Waals surface area contributed by atoms with E-state index in [1.807, 2.05) is 25.3 Å². The summed E-state index contributed by atoms with van der Waals surface area (Å²) in [6.07, 6.45) is 3.56. The number of aryl methyl sites for hydroxylation is 1. The highest BCUT2D eigenvalue weighted by Crippen LogP contribution is 2.08. The third-order valence-electron chi connectivity index (χ3n) is 1.75. The van der Waals surface area contributed by atoms with E-state index in [9.17, 15) is 0 Å². The Balaban J connectivity index is 2.46. The highest BCUT2D eigenvalue weighted by atomic mass is 15.3. The van der Waals surface area contributed by atoms with Crippen molar-refractivity contribution in [2.24, 2.45) is 0 Å². The van der Waals surface area contributed by atoms with Crippen LogP contribution in [0.5, 0.6) is 0 Å². The van der Waals surface area contributed by atoms with E-state index in [2.05, 4.69) is 10.1 Å². The molecule has 13 heavy (non-hydrogen) atoms. The van der Waals surface area contributed by atoms with Gasteiger partial charge in [-0.3, -0.25) is 0 Å². The zero-order chi connectivity index (χ0) is 9.26. The molecule has 0 amide bonds. The molecule has 0 saturated carbocycles. The summed E-state index contributed by atoms with van der Waals surface area (Å²) in [7, 11) is 0. The molecular weight excluding hydrogens is 164 g/mol. The van der Waals surface area contributed by atoms with Gasteiger partial charge in [-0.1, -0.05) is 0 Å². The number of pyridine rings is 1. The quantitative estimate of drug-likeness (QED) is 0.705. The van der Waals surface area contributed by atoms with Gasteiger partial charge in [-0.05, 0) is 19.1 Å². The molecule has 0 aliphatic carbocycles. The maximum Gasteiger partial charge on any atom is 0.125 e. The fourth-order valence-electron chi connectivity index (χ4n) is 1.14. The second-order valence-corrected chi connectivity index (χ2v) is 2.84. The molecule has 0 aromatic carbocycles. The molecule has 0 bridgehead atoms. The predicted octanol–water partition coefficient (Wildman–Crippen LogP) is 1.16. The van der Waals surface area contributed by atoms with E-state index in [-0.39, 0.29) is 0 Å². The largest absolute Gasteiger partial charge is 0.384 e. The van der Waals surface area contributed by atoms with Crippen LogP contribution in [-0.2, 0) is 0 Å². The number of hydrogen-bond donors (Lipinski definition) is 1. The van der Waals surface area contributed by atoms with Crippen molar-refractivity contribution < 1.29 is 0 Å².